The van der Waals surface area contributed by atoms with Crippen LogP contribution in [0.4, 0.5) is 0 Å². The normalized spacial score (nSPS) is 15.3. The Hall–Kier alpha value is -3.09. The quantitative estimate of drug-likeness (QED) is 0.535. The van der Waals surface area contributed by atoms with Gasteiger partial charge in [0.05, 0.1) is 11.4 Å². The van der Waals surface area contributed by atoms with E-state index in [1.807, 2.05) is 29.6 Å². The minimum absolute atomic E-state index is 0.174. The van der Waals surface area contributed by atoms with Gasteiger partial charge in [-0.2, -0.15) is 10.1 Å². The summed E-state index contributed by atoms with van der Waals surface area (Å²) in [6.45, 7) is 2.41. The van der Waals surface area contributed by atoms with Crippen LogP contribution in [0.3, 0.4) is 0 Å². The number of rotatable bonds is 5. The van der Waals surface area contributed by atoms with Crippen LogP contribution in [0.15, 0.2) is 54.6 Å². The van der Waals surface area contributed by atoms with E-state index in [9.17, 15) is 0 Å². The SMILES string of the molecule is Cc1nc2nc(-c3ccc(C4(N)CCC4)cc3)c(-c3ccccc3)c(CCN)n2n1. The average Bonchev–Trinajstić information content (AvgIpc) is 3.13. The molecule has 0 bridgehead atoms. The van der Waals surface area contributed by atoms with Gasteiger partial charge in [0.1, 0.15) is 5.82 Å². The van der Waals surface area contributed by atoms with E-state index in [0.29, 0.717) is 24.6 Å². The Bertz CT molecular complexity index is 1190. The van der Waals surface area contributed by atoms with E-state index in [4.69, 9.17) is 16.5 Å². The largest absolute Gasteiger partial charge is 0.330 e. The summed E-state index contributed by atoms with van der Waals surface area (Å²) in [7, 11) is 0. The topological polar surface area (TPSA) is 95.1 Å². The third-order valence-electron chi connectivity index (χ3n) is 6.11. The van der Waals surface area contributed by atoms with Gasteiger partial charge in [0, 0.05) is 23.1 Å². The number of hydrogen-bond donors (Lipinski definition) is 2. The number of hydrogen-bond acceptors (Lipinski definition) is 5. The minimum Gasteiger partial charge on any atom is -0.330 e. The maximum Gasteiger partial charge on any atom is 0.253 e. The molecule has 4 N–H and O–H groups in total. The van der Waals surface area contributed by atoms with E-state index in [0.717, 1.165) is 40.9 Å². The molecular formula is C24H26N6. The summed E-state index contributed by atoms with van der Waals surface area (Å²) < 4.78 is 1.84. The van der Waals surface area contributed by atoms with E-state index in [1.165, 1.54) is 12.0 Å². The molecule has 30 heavy (non-hydrogen) atoms. The number of fused-ring (bicyclic) bond motifs is 1. The van der Waals surface area contributed by atoms with Crippen molar-refractivity contribution in [2.45, 2.75) is 38.1 Å². The molecule has 0 aliphatic heterocycles. The first-order chi connectivity index (χ1) is 14.6. The number of nitrogens with two attached hydrogens (primary N) is 2. The van der Waals surface area contributed by atoms with Crippen molar-refractivity contribution in [3.8, 4) is 22.4 Å². The van der Waals surface area contributed by atoms with Crippen LogP contribution < -0.4 is 11.5 Å². The Kier molecular flexibility index (Phi) is 4.60. The molecule has 4 aromatic rings. The maximum atomic E-state index is 6.52. The van der Waals surface area contributed by atoms with Crippen LogP contribution in [0.2, 0.25) is 0 Å². The Morgan fingerprint density at radius 1 is 0.967 bits per heavy atom. The molecule has 2 heterocycles. The van der Waals surface area contributed by atoms with Crippen LogP contribution >= 0.6 is 0 Å². The van der Waals surface area contributed by atoms with Gasteiger partial charge in [-0.15, -0.1) is 0 Å². The van der Waals surface area contributed by atoms with Crippen LogP contribution in [-0.2, 0) is 12.0 Å². The van der Waals surface area contributed by atoms with Gasteiger partial charge in [-0.1, -0.05) is 54.6 Å². The van der Waals surface area contributed by atoms with Gasteiger partial charge in [0.2, 0.25) is 0 Å². The molecule has 5 rings (SSSR count). The second-order valence-electron chi connectivity index (χ2n) is 8.14. The van der Waals surface area contributed by atoms with Crippen LogP contribution in [0.1, 0.15) is 36.3 Å². The summed E-state index contributed by atoms with van der Waals surface area (Å²) in [6, 6.07) is 18.9. The summed E-state index contributed by atoms with van der Waals surface area (Å²) >= 11 is 0. The fourth-order valence-corrected chi connectivity index (χ4v) is 4.35. The first-order valence-corrected chi connectivity index (χ1v) is 10.5. The van der Waals surface area contributed by atoms with Gasteiger partial charge >= 0.3 is 0 Å². The van der Waals surface area contributed by atoms with Crippen LogP contribution in [0, 0.1) is 6.92 Å². The Morgan fingerprint density at radius 2 is 1.70 bits per heavy atom. The Labute approximate surface area is 176 Å². The fourth-order valence-electron chi connectivity index (χ4n) is 4.35. The molecule has 1 saturated carbocycles. The lowest BCUT2D eigenvalue weighted by atomic mass is 9.72. The monoisotopic (exact) mass is 398 g/mol. The molecule has 0 unspecified atom stereocenters. The molecule has 6 nitrogen and oxygen atoms in total. The Balaban J connectivity index is 1.74. The zero-order valence-electron chi connectivity index (χ0n) is 17.2. The standard InChI is InChI=1S/C24H26N6/c1-16-27-23-28-22(18-8-10-19(11-9-18)24(26)13-5-14-24)21(17-6-3-2-4-7-17)20(12-15-25)30(23)29-16/h2-4,6-11H,5,12-15,25-26H2,1H3. The lowest BCUT2D eigenvalue weighted by Crippen LogP contribution is -2.43. The van der Waals surface area contributed by atoms with Crippen molar-refractivity contribution in [2.24, 2.45) is 11.5 Å². The molecule has 152 valence electrons. The molecule has 0 amide bonds. The smallest absolute Gasteiger partial charge is 0.253 e. The molecule has 0 spiro atoms. The second kappa shape index (κ2) is 7.31. The third-order valence-corrected chi connectivity index (χ3v) is 6.11. The summed E-state index contributed by atoms with van der Waals surface area (Å²) in [5.74, 6) is 1.30. The summed E-state index contributed by atoms with van der Waals surface area (Å²) in [4.78, 5) is 9.46. The maximum absolute atomic E-state index is 6.52. The fraction of sp³-hybridized carbons (Fsp3) is 0.292. The second-order valence-corrected chi connectivity index (χ2v) is 8.14. The van der Waals surface area contributed by atoms with Gasteiger partial charge in [-0.25, -0.2) is 9.50 Å². The van der Waals surface area contributed by atoms with Crippen LogP contribution in [0.25, 0.3) is 28.2 Å². The average molecular weight is 399 g/mol. The van der Waals surface area contributed by atoms with E-state index < -0.39 is 0 Å². The molecular weight excluding hydrogens is 372 g/mol. The highest BCUT2D eigenvalue weighted by molar-refractivity contribution is 5.83. The van der Waals surface area contributed by atoms with Crippen molar-refractivity contribution in [1.82, 2.24) is 19.6 Å². The lowest BCUT2D eigenvalue weighted by Gasteiger charge is -2.38. The minimum atomic E-state index is -0.174. The Morgan fingerprint density at radius 3 is 2.33 bits per heavy atom. The molecule has 2 aromatic carbocycles. The number of nitrogens with zero attached hydrogens (tertiary/aromatic N) is 4. The van der Waals surface area contributed by atoms with Crippen molar-refractivity contribution in [1.29, 1.82) is 0 Å². The molecule has 6 heteroatoms. The molecule has 1 aliphatic rings. The first kappa shape index (κ1) is 18.9. The van der Waals surface area contributed by atoms with Crippen molar-refractivity contribution in [2.75, 3.05) is 6.54 Å². The van der Waals surface area contributed by atoms with Crippen molar-refractivity contribution < 1.29 is 0 Å². The van der Waals surface area contributed by atoms with Crippen LogP contribution in [0.5, 0.6) is 0 Å². The van der Waals surface area contributed by atoms with Gasteiger partial charge in [-0.05, 0) is 43.9 Å². The van der Waals surface area contributed by atoms with Crippen molar-refractivity contribution in [3.63, 3.8) is 0 Å². The zero-order valence-corrected chi connectivity index (χ0v) is 17.2. The van der Waals surface area contributed by atoms with Gasteiger partial charge in [0.15, 0.2) is 0 Å². The van der Waals surface area contributed by atoms with Crippen molar-refractivity contribution in [3.05, 3.63) is 71.7 Å². The predicted molar refractivity (Wildman–Crippen MR) is 119 cm³/mol. The highest BCUT2D eigenvalue weighted by Crippen LogP contribution is 2.40. The van der Waals surface area contributed by atoms with Crippen LogP contribution in [-0.4, -0.2) is 26.1 Å². The highest BCUT2D eigenvalue weighted by atomic mass is 15.3. The van der Waals surface area contributed by atoms with E-state index in [-0.39, 0.29) is 5.54 Å². The summed E-state index contributed by atoms with van der Waals surface area (Å²) in [6.07, 6.45) is 3.98. The first-order valence-electron chi connectivity index (χ1n) is 10.5. The molecule has 2 aromatic heterocycles. The third kappa shape index (κ3) is 3.09. The van der Waals surface area contributed by atoms with E-state index >= 15 is 0 Å². The lowest BCUT2D eigenvalue weighted by molar-refractivity contribution is 0.253. The van der Waals surface area contributed by atoms with Gasteiger partial charge in [0.25, 0.3) is 5.78 Å². The summed E-state index contributed by atoms with van der Waals surface area (Å²) in [5.41, 5.74) is 18.7. The predicted octanol–water partition coefficient (Wildman–Crippen LogP) is 3.61. The number of benzene rings is 2. The number of aryl methyl sites for hydroxylation is 1. The van der Waals surface area contributed by atoms with Gasteiger partial charge in [-0.3, -0.25) is 0 Å². The zero-order chi connectivity index (χ0) is 20.7. The molecule has 1 aliphatic carbocycles. The van der Waals surface area contributed by atoms with E-state index in [2.05, 4.69) is 46.5 Å². The molecule has 1 fully saturated rings. The highest BCUT2D eigenvalue weighted by Gasteiger charge is 2.34. The van der Waals surface area contributed by atoms with Crippen molar-refractivity contribution >= 4 is 5.78 Å². The number of aromatic nitrogens is 4. The van der Waals surface area contributed by atoms with E-state index in [1.54, 1.807) is 0 Å². The summed E-state index contributed by atoms with van der Waals surface area (Å²) in [5, 5.41) is 4.59. The molecule has 0 atom stereocenters. The van der Waals surface area contributed by atoms with Gasteiger partial charge < -0.3 is 11.5 Å². The molecule has 0 radical (unpaired) electrons. The molecule has 0 saturated heterocycles.